The van der Waals surface area contributed by atoms with E-state index in [2.05, 4.69) is 45.3 Å². The highest BCUT2D eigenvalue weighted by atomic mass is 35.5. The SMILES string of the molecule is Cc1sc2c(c1C)C(c1ccc(Cl)cc1)=N[C@@H](CC(=O)NCCCCCCc1cccc(Oc3cccc4c3C(=O)NC(=O)C4)c1)c1nnc(C)n1-2. The van der Waals surface area contributed by atoms with E-state index < -0.39 is 11.9 Å². The van der Waals surface area contributed by atoms with Crippen LogP contribution in [0.5, 0.6) is 11.5 Å². The minimum Gasteiger partial charge on any atom is -0.457 e. The van der Waals surface area contributed by atoms with Gasteiger partial charge < -0.3 is 10.1 Å². The summed E-state index contributed by atoms with van der Waals surface area (Å²) in [7, 11) is 0. The molecule has 0 unspecified atom stereocenters. The van der Waals surface area contributed by atoms with Gasteiger partial charge in [0.1, 0.15) is 28.4 Å². The molecule has 0 spiro atoms. The minimum atomic E-state index is -0.500. The minimum absolute atomic E-state index is 0.0739. The fourth-order valence-electron chi connectivity index (χ4n) is 6.78. The van der Waals surface area contributed by atoms with Gasteiger partial charge in [0.25, 0.3) is 5.91 Å². The Morgan fingerprint density at radius 2 is 1.77 bits per heavy atom. The van der Waals surface area contributed by atoms with Crippen molar-refractivity contribution >= 4 is 46.4 Å². The first-order valence-corrected chi connectivity index (χ1v) is 18.7. The summed E-state index contributed by atoms with van der Waals surface area (Å²) in [6.45, 7) is 6.74. The summed E-state index contributed by atoms with van der Waals surface area (Å²) in [6, 6.07) is 20.4. The van der Waals surface area contributed by atoms with E-state index in [1.807, 2.05) is 49.4 Å². The summed E-state index contributed by atoms with van der Waals surface area (Å²) in [4.78, 5) is 44.0. The predicted octanol–water partition coefficient (Wildman–Crippen LogP) is 7.71. The molecule has 0 radical (unpaired) electrons. The Bertz CT molecular complexity index is 2210. The van der Waals surface area contributed by atoms with Crippen LogP contribution in [-0.4, -0.2) is 44.7 Å². The van der Waals surface area contributed by atoms with Crippen molar-refractivity contribution in [2.45, 2.75) is 71.8 Å². The maximum Gasteiger partial charge on any atom is 0.261 e. The molecular formula is C40H39ClN6O4S. The third kappa shape index (κ3) is 7.42. The number of nitrogens with one attached hydrogen (secondary N) is 2. The van der Waals surface area contributed by atoms with Gasteiger partial charge in [-0.2, -0.15) is 0 Å². The molecule has 0 aliphatic carbocycles. The van der Waals surface area contributed by atoms with Crippen LogP contribution in [0, 0.1) is 20.8 Å². The molecule has 12 heteroatoms. The summed E-state index contributed by atoms with van der Waals surface area (Å²) in [5, 5.41) is 16.0. The molecule has 0 fully saturated rings. The van der Waals surface area contributed by atoms with E-state index in [0.717, 1.165) is 70.9 Å². The summed E-state index contributed by atoms with van der Waals surface area (Å²) in [5.41, 5.74) is 6.18. The van der Waals surface area contributed by atoms with E-state index in [1.165, 1.54) is 4.88 Å². The Kier molecular flexibility index (Phi) is 10.3. The average molecular weight is 735 g/mol. The molecule has 0 saturated heterocycles. The van der Waals surface area contributed by atoms with Crippen LogP contribution in [0.25, 0.3) is 5.00 Å². The molecule has 2 N–H and O–H groups in total. The Labute approximate surface area is 311 Å². The number of thiophene rings is 1. The molecule has 1 atom stereocenters. The lowest BCUT2D eigenvalue weighted by molar-refractivity contribution is -0.121. The van der Waals surface area contributed by atoms with Crippen LogP contribution in [0.2, 0.25) is 5.02 Å². The van der Waals surface area contributed by atoms with Crippen LogP contribution >= 0.6 is 22.9 Å². The van der Waals surface area contributed by atoms with Crippen LogP contribution in [0.1, 0.15) is 92.8 Å². The lowest BCUT2D eigenvalue weighted by atomic mass is 9.99. The number of fused-ring (bicyclic) bond motifs is 4. The zero-order valence-corrected chi connectivity index (χ0v) is 30.9. The molecule has 5 aromatic rings. The van der Waals surface area contributed by atoms with Crippen molar-refractivity contribution in [3.05, 3.63) is 122 Å². The van der Waals surface area contributed by atoms with E-state index in [1.54, 1.807) is 29.5 Å². The van der Waals surface area contributed by atoms with Gasteiger partial charge in [0.15, 0.2) is 5.82 Å². The first-order chi connectivity index (χ1) is 25.2. The van der Waals surface area contributed by atoms with E-state index in [9.17, 15) is 14.4 Å². The second kappa shape index (κ2) is 15.2. The Morgan fingerprint density at radius 3 is 2.60 bits per heavy atom. The Balaban J connectivity index is 0.923. The van der Waals surface area contributed by atoms with Crippen LogP contribution in [0.15, 0.2) is 71.7 Å². The monoisotopic (exact) mass is 734 g/mol. The third-order valence-electron chi connectivity index (χ3n) is 9.52. The first kappa shape index (κ1) is 35.3. The van der Waals surface area contributed by atoms with Crippen molar-refractivity contribution in [1.82, 2.24) is 25.4 Å². The maximum atomic E-state index is 13.3. The van der Waals surface area contributed by atoms with Gasteiger partial charge in [0.2, 0.25) is 11.8 Å². The van der Waals surface area contributed by atoms with E-state index >= 15 is 0 Å². The second-order valence-electron chi connectivity index (χ2n) is 13.2. The number of carbonyl (C=O) groups excluding carboxylic acids is 3. The molecule has 4 heterocycles. The molecule has 2 aliphatic rings. The molecule has 2 aromatic heterocycles. The fraction of sp³-hybridized carbons (Fsp3) is 0.300. The van der Waals surface area contributed by atoms with E-state index in [0.29, 0.717) is 40.0 Å². The smallest absolute Gasteiger partial charge is 0.261 e. The molecule has 0 bridgehead atoms. The number of rotatable bonds is 12. The number of ether oxygens (including phenoxy) is 1. The number of aryl methyl sites for hydroxylation is 3. The largest absolute Gasteiger partial charge is 0.457 e. The number of imide groups is 1. The number of halogens is 1. The molecule has 52 heavy (non-hydrogen) atoms. The number of hydrogen-bond acceptors (Lipinski definition) is 8. The predicted molar refractivity (Wildman–Crippen MR) is 202 cm³/mol. The van der Waals surface area contributed by atoms with Crippen molar-refractivity contribution < 1.29 is 19.1 Å². The number of amides is 3. The summed E-state index contributed by atoms with van der Waals surface area (Å²) in [6.07, 6.45) is 5.06. The van der Waals surface area contributed by atoms with Gasteiger partial charge in [-0.05, 0) is 87.1 Å². The van der Waals surface area contributed by atoms with E-state index in [4.69, 9.17) is 21.3 Å². The normalized spacial score (nSPS) is 14.8. The van der Waals surface area contributed by atoms with Gasteiger partial charge in [-0.25, -0.2) is 0 Å². The fourth-order valence-corrected chi connectivity index (χ4v) is 8.12. The van der Waals surface area contributed by atoms with E-state index in [-0.39, 0.29) is 24.7 Å². The standard InChI is InChI=1S/C40H39ClN6O4S/c1-23-24(2)52-40-35(23)37(27-15-17-29(41)18-16-27)43-31(38-46-45-25(3)47(38)40)22-33(48)42-19-7-5-4-6-10-26-11-8-13-30(20-26)51-32-14-9-12-28-21-34(49)44-39(50)36(28)32/h8-9,11-18,20,31H,4-7,10,19,21-22H2,1-3H3,(H,42,48)(H,44,49,50)/t31-/m0/s1. The van der Waals surface area contributed by atoms with Crippen LogP contribution in [0.3, 0.4) is 0 Å². The summed E-state index contributed by atoms with van der Waals surface area (Å²) < 4.78 is 8.17. The average Bonchev–Trinajstić information content (AvgIpc) is 3.59. The molecule has 2 aliphatic heterocycles. The molecule has 3 aromatic carbocycles. The lowest BCUT2D eigenvalue weighted by Crippen LogP contribution is -2.37. The molecule has 7 rings (SSSR count). The highest BCUT2D eigenvalue weighted by Gasteiger charge is 2.32. The van der Waals surface area contributed by atoms with Gasteiger partial charge in [0.05, 0.1) is 24.1 Å². The molecule has 0 saturated carbocycles. The molecule has 266 valence electrons. The Hall–Kier alpha value is -5.13. The summed E-state index contributed by atoms with van der Waals surface area (Å²) >= 11 is 7.92. The van der Waals surface area contributed by atoms with Crippen molar-refractivity contribution in [3.8, 4) is 16.5 Å². The third-order valence-corrected chi connectivity index (χ3v) is 11.0. The number of nitrogens with zero attached hydrogens (tertiary/aromatic N) is 4. The van der Waals surface area contributed by atoms with Crippen molar-refractivity contribution in [2.75, 3.05) is 6.54 Å². The van der Waals surface area contributed by atoms with Gasteiger partial charge in [-0.15, -0.1) is 21.5 Å². The number of hydrogen-bond donors (Lipinski definition) is 2. The molecule has 10 nitrogen and oxygen atoms in total. The second-order valence-corrected chi connectivity index (χ2v) is 14.9. The van der Waals surface area contributed by atoms with Crippen molar-refractivity contribution in [3.63, 3.8) is 0 Å². The lowest BCUT2D eigenvalue weighted by Gasteiger charge is -2.18. The van der Waals surface area contributed by atoms with Gasteiger partial charge in [-0.1, -0.05) is 60.8 Å². The molecule has 3 amide bonds. The number of aromatic nitrogens is 3. The first-order valence-electron chi connectivity index (χ1n) is 17.5. The van der Waals surface area contributed by atoms with Crippen LogP contribution in [0.4, 0.5) is 0 Å². The van der Waals surface area contributed by atoms with Gasteiger partial charge in [-0.3, -0.25) is 29.3 Å². The zero-order chi connectivity index (χ0) is 36.4. The van der Waals surface area contributed by atoms with Crippen molar-refractivity contribution in [1.29, 1.82) is 0 Å². The highest BCUT2D eigenvalue weighted by Crippen LogP contribution is 2.39. The Morgan fingerprint density at radius 1 is 0.981 bits per heavy atom. The van der Waals surface area contributed by atoms with Crippen LogP contribution in [-0.2, 0) is 22.4 Å². The topological polar surface area (TPSA) is 128 Å². The number of unbranched alkanes of at least 4 members (excludes halogenated alkanes) is 3. The quantitative estimate of drug-likeness (QED) is 0.0999. The zero-order valence-electron chi connectivity index (χ0n) is 29.3. The number of carbonyl (C=O) groups is 3. The number of aliphatic imine (C=N–C) groups is 1. The van der Waals surface area contributed by atoms with Gasteiger partial charge in [0, 0.05) is 27.6 Å². The van der Waals surface area contributed by atoms with Crippen molar-refractivity contribution in [2.24, 2.45) is 4.99 Å². The van der Waals surface area contributed by atoms with Gasteiger partial charge >= 0.3 is 0 Å². The maximum absolute atomic E-state index is 13.3. The van der Waals surface area contributed by atoms with Crippen LogP contribution < -0.4 is 15.4 Å². The summed E-state index contributed by atoms with van der Waals surface area (Å²) in [5.74, 6) is 1.69. The number of benzene rings is 3. The molecular weight excluding hydrogens is 696 g/mol. The highest BCUT2D eigenvalue weighted by molar-refractivity contribution is 7.15.